The number of carboxylic acid groups (broad SMARTS) is 1. The van der Waals surface area contributed by atoms with Gasteiger partial charge >= 0.3 is 5.97 Å². The lowest BCUT2D eigenvalue weighted by Gasteiger charge is -2.29. The first-order chi connectivity index (χ1) is 7.68. The van der Waals surface area contributed by atoms with Crippen molar-refractivity contribution < 1.29 is 19.4 Å². The van der Waals surface area contributed by atoms with E-state index in [0.29, 0.717) is 39.1 Å². The van der Waals surface area contributed by atoms with Gasteiger partial charge in [-0.3, -0.25) is 14.9 Å². The van der Waals surface area contributed by atoms with Gasteiger partial charge in [-0.25, -0.2) is 0 Å². The molecule has 2 aliphatic rings. The molecule has 2 atom stereocenters. The molecule has 0 saturated carbocycles. The molecule has 0 aromatic carbocycles. The van der Waals surface area contributed by atoms with Crippen molar-refractivity contribution in [2.24, 2.45) is 0 Å². The Hall–Kier alpha value is -1.14. The van der Waals surface area contributed by atoms with Crippen molar-refractivity contribution in [1.29, 1.82) is 0 Å². The first kappa shape index (κ1) is 11.3. The number of carbonyl (C=O) groups excluding carboxylic acids is 1. The molecular weight excluding hydrogens is 212 g/mol. The first-order valence-electron chi connectivity index (χ1n) is 5.54. The highest BCUT2D eigenvalue weighted by molar-refractivity contribution is 5.84. The molecule has 6 heteroatoms. The number of carboxylic acids is 1. The topological polar surface area (TPSA) is 78.9 Å². The van der Waals surface area contributed by atoms with E-state index in [-0.39, 0.29) is 11.9 Å². The van der Waals surface area contributed by atoms with E-state index in [4.69, 9.17) is 9.84 Å². The van der Waals surface area contributed by atoms with E-state index < -0.39 is 12.0 Å². The van der Waals surface area contributed by atoms with Crippen LogP contribution in [-0.2, 0) is 14.3 Å². The lowest BCUT2D eigenvalue weighted by atomic mass is 10.1. The number of hydrogen-bond donors (Lipinski definition) is 2. The van der Waals surface area contributed by atoms with Crippen LogP contribution in [0.3, 0.4) is 0 Å². The molecule has 0 spiro atoms. The van der Waals surface area contributed by atoms with E-state index in [9.17, 15) is 9.59 Å². The smallest absolute Gasteiger partial charge is 0.320 e. The number of hydrogen-bond acceptors (Lipinski definition) is 4. The van der Waals surface area contributed by atoms with Crippen molar-refractivity contribution in [2.45, 2.75) is 24.9 Å². The van der Waals surface area contributed by atoms with Gasteiger partial charge in [-0.05, 0) is 12.8 Å². The number of aliphatic carboxylic acids is 1. The second-order valence-electron chi connectivity index (χ2n) is 4.13. The highest BCUT2D eigenvalue weighted by Gasteiger charge is 2.35. The zero-order valence-corrected chi connectivity index (χ0v) is 9.02. The quantitative estimate of drug-likeness (QED) is 0.637. The van der Waals surface area contributed by atoms with Crippen LogP contribution in [-0.4, -0.2) is 60.3 Å². The third-order valence-corrected chi connectivity index (χ3v) is 3.07. The van der Waals surface area contributed by atoms with Gasteiger partial charge in [0.15, 0.2) is 0 Å². The zero-order chi connectivity index (χ0) is 11.5. The molecular formula is C10H16N2O4. The number of morpholine rings is 1. The Balaban J connectivity index is 1.88. The largest absolute Gasteiger partial charge is 0.480 e. The maximum atomic E-state index is 12.0. The summed E-state index contributed by atoms with van der Waals surface area (Å²) in [4.78, 5) is 24.5. The number of nitrogens with zero attached hydrogens (tertiary/aromatic N) is 1. The summed E-state index contributed by atoms with van der Waals surface area (Å²) in [5.41, 5.74) is 0. The first-order valence-corrected chi connectivity index (χ1v) is 5.54. The van der Waals surface area contributed by atoms with Gasteiger partial charge in [0, 0.05) is 13.1 Å². The molecule has 16 heavy (non-hydrogen) atoms. The molecule has 6 nitrogen and oxygen atoms in total. The lowest BCUT2D eigenvalue weighted by molar-refractivity contribution is -0.139. The van der Waals surface area contributed by atoms with Crippen molar-refractivity contribution in [3.63, 3.8) is 0 Å². The van der Waals surface area contributed by atoms with Crippen LogP contribution in [0.15, 0.2) is 0 Å². The minimum Gasteiger partial charge on any atom is -0.480 e. The minimum atomic E-state index is -0.878. The zero-order valence-electron chi connectivity index (χ0n) is 9.02. The molecule has 0 aromatic rings. The van der Waals surface area contributed by atoms with Crippen molar-refractivity contribution in [1.82, 2.24) is 10.2 Å². The highest BCUT2D eigenvalue weighted by atomic mass is 16.5. The van der Waals surface area contributed by atoms with E-state index in [1.165, 1.54) is 0 Å². The summed E-state index contributed by atoms with van der Waals surface area (Å²) in [7, 11) is 0. The Labute approximate surface area is 93.6 Å². The Morgan fingerprint density at radius 3 is 2.38 bits per heavy atom. The monoisotopic (exact) mass is 228 g/mol. The SMILES string of the molecule is O=C(O)[C@@H]1CC[C@H](C(=O)N2CCOCC2)N1. The Kier molecular flexibility index (Phi) is 3.40. The van der Waals surface area contributed by atoms with Gasteiger partial charge in [-0.15, -0.1) is 0 Å². The summed E-state index contributed by atoms with van der Waals surface area (Å²) in [6.07, 6.45) is 1.13. The minimum absolute atomic E-state index is 0.00653. The van der Waals surface area contributed by atoms with Gasteiger partial charge in [0.25, 0.3) is 0 Å². The third kappa shape index (κ3) is 2.33. The fourth-order valence-corrected chi connectivity index (χ4v) is 2.14. The molecule has 2 rings (SSSR count). The molecule has 0 aliphatic carbocycles. The second kappa shape index (κ2) is 4.80. The summed E-state index contributed by atoms with van der Waals surface area (Å²) in [5.74, 6) is -0.871. The molecule has 2 saturated heterocycles. The summed E-state index contributed by atoms with van der Waals surface area (Å²) in [5, 5.41) is 11.7. The van der Waals surface area contributed by atoms with Crippen LogP contribution in [0.5, 0.6) is 0 Å². The molecule has 2 aliphatic heterocycles. The molecule has 2 N–H and O–H groups in total. The number of ether oxygens (including phenoxy) is 1. The molecule has 0 aromatic heterocycles. The van der Waals surface area contributed by atoms with Crippen LogP contribution in [0.25, 0.3) is 0 Å². The second-order valence-corrected chi connectivity index (χ2v) is 4.13. The van der Waals surface area contributed by atoms with E-state index in [1.54, 1.807) is 4.90 Å². The summed E-state index contributed by atoms with van der Waals surface area (Å²) in [6, 6.07) is -0.908. The average molecular weight is 228 g/mol. The molecule has 2 fully saturated rings. The molecule has 0 unspecified atom stereocenters. The average Bonchev–Trinajstić information content (AvgIpc) is 2.78. The maximum Gasteiger partial charge on any atom is 0.320 e. The van der Waals surface area contributed by atoms with E-state index in [1.807, 2.05) is 0 Å². The van der Waals surface area contributed by atoms with Crippen molar-refractivity contribution in [2.75, 3.05) is 26.3 Å². The number of carbonyl (C=O) groups is 2. The summed E-state index contributed by atoms with van der Waals surface area (Å²) < 4.78 is 5.16. The van der Waals surface area contributed by atoms with Crippen LogP contribution in [0, 0.1) is 0 Å². The van der Waals surface area contributed by atoms with Gasteiger partial charge in [-0.1, -0.05) is 0 Å². The molecule has 0 bridgehead atoms. The predicted molar refractivity (Wildman–Crippen MR) is 55.0 cm³/mol. The fraction of sp³-hybridized carbons (Fsp3) is 0.800. The normalized spacial score (nSPS) is 30.4. The van der Waals surface area contributed by atoms with E-state index in [2.05, 4.69) is 5.32 Å². The van der Waals surface area contributed by atoms with Crippen LogP contribution in [0.1, 0.15) is 12.8 Å². The van der Waals surface area contributed by atoms with Crippen molar-refractivity contribution in [3.8, 4) is 0 Å². The lowest BCUT2D eigenvalue weighted by Crippen LogP contribution is -2.50. The van der Waals surface area contributed by atoms with Gasteiger partial charge in [-0.2, -0.15) is 0 Å². The van der Waals surface area contributed by atoms with Crippen LogP contribution in [0.4, 0.5) is 0 Å². The molecule has 1 amide bonds. The van der Waals surface area contributed by atoms with Gasteiger partial charge in [0.05, 0.1) is 19.3 Å². The highest BCUT2D eigenvalue weighted by Crippen LogP contribution is 2.15. The summed E-state index contributed by atoms with van der Waals surface area (Å²) in [6.45, 7) is 2.35. The molecule has 0 radical (unpaired) electrons. The van der Waals surface area contributed by atoms with Gasteiger partial charge in [0.2, 0.25) is 5.91 Å². The van der Waals surface area contributed by atoms with Gasteiger partial charge < -0.3 is 14.7 Å². The predicted octanol–water partition coefficient (Wildman–Crippen LogP) is -0.950. The number of rotatable bonds is 2. The van der Waals surface area contributed by atoms with Crippen molar-refractivity contribution >= 4 is 11.9 Å². The number of amides is 1. The Morgan fingerprint density at radius 1 is 1.19 bits per heavy atom. The number of nitrogens with one attached hydrogen (secondary N) is 1. The molecule has 90 valence electrons. The van der Waals surface area contributed by atoms with E-state index in [0.717, 1.165) is 0 Å². The van der Waals surface area contributed by atoms with E-state index >= 15 is 0 Å². The fourth-order valence-electron chi connectivity index (χ4n) is 2.14. The standard InChI is InChI=1S/C10H16N2O4/c13-9(12-3-5-16-6-4-12)7-1-2-8(11-7)10(14)15/h7-8,11H,1-6H2,(H,14,15)/t7-,8+/m1/s1. The van der Waals surface area contributed by atoms with Gasteiger partial charge in [0.1, 0.15) is 6.04 Å². The third-order valence-electron chi connectivity index (χ3n) is 3.07. The van der Waals surface area contributed by atoms with Crippen LogP contribution >= 0.6 is 0 Å². The summed E-state index contributed by atoms with van der Waals surface area (Å²) >= 11 is 0. The van der Waals surface area contributed by atoms with Crippen molar-refractivity contribution in [3.05, 3.63) is 0 Å². The van der Waals surface area contributed by atoms with Crippen LogP contribution < -0.4 is 5.32 Å². The molecule has 2 heterocycles. The Bertz CT molecular complexity index is 289. The van der Waals surface area contributed by atoms with Crippen LogP contribution in [0.2, 0.25) is 0 Å². The Morgan fingerprint density at radius 2 is 1.81 bits per heavy atom. The maximum absolute atomic E-state index is 12.0.